The van der Waals surface area contributed by atoms with Gasteiger partial charge in [0.05, 0.1) is 18.6 Å². The predicted octanol–water partition coefficient (Wildman–Crippen LogP) is -0.133. The number of halogens is 1. The number of aliphatic hydroxyl groups is 1. The van der Waals surface area contributed by atoms with Gasteiger partial charge in [-0.05, 0) is 13.8 Å². The summed E-state index contributed by atoms with van der Waals surface area (Å²) in [4.78, 5) is 11.1. The van der Waals surface area contributed by atoms with Crippen molar-refractivity contribution in [2.24, 2.45) is 5.73 Å². The van der Waals surface area contributed by atoms with Gasteiger partial charge in [-0.2, -0.15) is 0 Å². The van der Waals surface area contributed by atoms with E-state index in [1.807, 2.05) is 0 Å². The summed E-state index contributed by atoms with van der Waals surface area (Å²) >= 11 is 5.34. The number of alkyl halides is 1. The molecular formula is C7H14ClNO3. The molecule has 0 aromatic heterocycles. The molecule has 0 saturated heterocycles. The van der Waals surface area contributed by atoms with Gasteiger partial charge in [-0.3, -0.25) is 0 Å². The van der Waals surface area contributed by atoms with Crippen LogP contribution in [0, 0.1) is 0 Å². The Morgan fingerprint density at radius 3 is 2.67 bits per heavy atom. The van der Waals surface area contributed by atoms with Gasteiger partial charge < -0.3 is 15.6 Å². The fraction of sp³-hybridized carbons (Fsp3) is 0.857. The molecule has 0 aliphatic carbocycles. The minimum absolute atomic E-state index is 0.0915. The normalized spacial score (nSPS) is 18.1. The zero-order valence-corrected chi connectivity index (χ0v) is 7.97. The first kappa shape index (κ1) is 11.7. The van der Waals surface area contributed by atoms with Gasteiger partial charge in [0.2, 0.25) is 0 Å². The van der Waals surface area contributed by atoms with E-state index in [1.54, 1.807) is 6.92 Å². The zero-order chi connectivity index (χ0) is 9.78. The van der Waals surface area contributed by atoms with E-state index >= 15 is 0 Å². The molecule has 0 bridgehead atoms. The van der Waals surface area contributed by atoms with Gasteiger partial charge in [0.1, 0.15) is 5.54 Å². The summed E-state index contributed by atoms with van der Waals surface area (Å²) in [6.07, 6.45) is -1.08. The minimum Gasteiger partial charge on any atom is -0.465 e. The minimum atomic E-state index is -1.42. The highest BCUT2D eigenvalue weighted by Gasteiger charge is 2.37. The van der Waals surface area contributed by atoms with Crippen molar-refractivity contribution in [3.63, 3.8) is 0 Å². The van der Waals surface area contributed by atoms with Crippen LogP contribution >= 0.6 is 11.6 Å². The largest absolute Gasteiger partial charge is 0.465 e. The molecule has 4 nitrogen and oxygen atoms in total. The van der Waals surface area contributed by atoms with Crippen LogP contribution in [0.15, 0.2) is 0 Å². The van der Waals surface area contributed by atoms with Crippen molar-refractivity contribution in [3.8, 4) is 0 Å². The van der Waals surface area contributed by atoms with Crippen LogP contribution in [0.3, 0.4) is 0 Å². The van der Waals surface area contributed by atoms with Gasteiger partial charge in [0.15, 0.2) is 0 Å². The van der Waals surface area contributed by atoms with E-state index in [2.05, 4.69) is 4.74 Å². The molecule has 3 N–H and O–H groups in total. The fourth-order valence-electron chi connectivity index (χ4n) is 0.583. The second kappa shape index (κ2) is 4.64. The quantitative estimate of drug-likeness (QED) is 0.484. The maximum absolute atomic E-state index is 11.1. The highest BCUT2D eigenvalue weighted by molar-refractivity contribution is 6.18. The summed E-state index contributed by atoms with van der Waals surface area (Å²) in [7, 11) is 0. The maximum Gasteiger partial charge on any atom is 0.328 e. The molecule has 0 unspecified atom stereocenters. The third kappa shape index (κ3) is 2.62. The van der Waals surface area contributed by atoms with Crippen molar-refractivity contribution < 1.29 is 14.6 Å². The lowest BCUT2D eigenvalue weighted by Crippen LogP contribution is -2.56. The molecule has 0 rings (SSSR count). The van der Waals surface area contributed by atoms with Crippen LogP contribution in [0.1, 0.15) is 13.8 Å². The first-order valence-electron chi connectivity index (χ1n) is 3.67. The Kier molecular flexibility index (Phi) is 4.52. The maximum atomic E-state index is 11.1. The molecule has 12 heavy (non-hydrogen) atoms. The molecule has 0 radical (unpaired) electrons. The van der Waals surface area contributed by atoms with E-state index in [1.165, 1.54) is 6.92 Å². The Labute approximate surface area is 76.6 Å². The molecular weight excluding hydrogens is 182 g/mol. The van der Waals surface area contributed by atoms with Gasteiger partial charge in [0, 0.05) is 0 Å². The van der Waals surface area contributed by atoms with E-state index in [0.29, 0.717) is 0 Å². The van der Waals surface area contributed by atoms with Gasteiger partial charge in [0.25, 0.3) is 0 Å². The molecule has 5 heteroatoms. The molecule has 0 saturated carbocycles. The Morgan fingerprint density at radius 1 is 1.83 bits per heavy atom. The summed E-state index contributed by atoms with van der Waals surface area (Å²) in [5, 5.41) is 9.22. The number of rotatable bonds is 4. The number of aliphatic hydroxyl groups excluding tert-OH is 1. The second-order valence-electron chi connectivity index (χ2n) is 2.67. The van der Waals surface area contributed by atoms with Crippen molar-refractivity contribution in [1.82, 2.24) is 0 Å². The summed E-state index contributed by atoms with van der Waals surface area (Å²) in [6, 6.07) is 0. The highest BCUT2D eigenvalue weighted by atomic mass is 35.5. The predicted molar refractivity (Wildman–Crippen MR) is 46.0 cm³/mol. The van der Waals surface area contributed by atoms with Crippen LogP contribution in [0.25, 0.3) is 0 Å². The molecule has 0 spiro atoms. The number of nitrogens with two attached hydrogens (primary N) is 1. The molecule has 2 atom stereocenters. The summed E-state index contributed by atoms with van der Waals surface area (Å²) in [6.45, 7) is 3.29. The molecule has 0 aromatic carbocycles. The Morgan fingerprint density at radius 2 is 2.33 bits per heavy atom. The summed E-state index contributed by atoms with van der Waals surface area (Å²) in [5.41, 5.74) is 4.07. The van der Waals surface area contributed by atoms with E-state index in [0.717, 1.165) is 0 Å². The number of carbonyl (C=O) groups excluding carboxylic acids is 1. The van der Waals surface area contributed by atoms with Crippen LogP contribution in [0.5, 0.6) is 0 Å². The second-order valence-corrected chi connectivity index (χ2v) is 2.98. The van der Waals surface area contributed by atoms with E-state index < -0.39 is 17.6 Å². The van der Waals surface area contributed by atoms with Crippen LogP contribution in [0.2, 0.25) is 0 Å². The van der Waals surface area contributed by atoms with Crippen LogP contribution in [-0.2, 0) is 9.53 Å². The fourth-order valence-corrected chi connectivity index (χ4v) is 0.903. The third-order valence-electron chi connectivity index (χ3n) is 1.55. The zero-order valence-electron chi connectivity index (χ0n) is 7.21. The van der Waals surface area contributed by atoms with E-state index in [4.69, 9.17) is 17.3 Å². The third-order valence-corrected chi connectivity index (χ3v) is 1.85. The topological polar surface area (TPSA) is 72.5 Å². The lowest BCUT2D eigenvalue weighted by atomic mass is 9.98. The molecule has 0 aliphatic rings. The average Bonchev–Trinajstić information content (AvgIpc) is 2.03. The van der Waals surface area contributed by atoms with Crippen molar-refractivity contribution in [1.29, 1.82) is 0 Å². The number of esters is 1. The molecule has 72 valence electrons. The van der Waals surface area contributed by atoms with E-state index in [9.17, 15) is 9.90 Å². The number of carbonyl (C=O) groups is 1. The van der Waals surface area contributed by atoms with Crippen LogP contribution in [-0.4, -0.2) is 35.2 Å². The van der Waals surface area contributed by atoms with Crippen LogP contribution in [0.4, 0.5) is 0 Å². The van der Waals surface area contributed by atoms with Gasteiger partial charge >= 0.3 is 5.97 Å². The average molecular weight is 196 g/mol. The molecule has 0 aromatic rings. The monoisotopic (exact) mass is 195 g/mol. The Hall–Kier alpha value is -0.320. The van der Waals surface area contributed by atoms with Gasteiger partial charge in [-0.25, -0.2) is 4.79 Å². The summed E-state index contributed by atoms with van der Waals surface area (Å²) < 4.78 is 4.65. The molecule has 0 heterocycles. The van der Waals surface area contributed by atoms with Crippen LogP contribution < -0.4 is 5.73 Å². The smallest absolute Gasteiger partial charge is 0.328 e. The first-order chi connectivity index (χ1) is 5.46. The molecule has 0 aliphatic heterocycles. The van der Waals surface area contributed by atoms with Crippen molar-refractivity contribution in [3.05, 3.63) is 0 Å². The Balaban J connectivity index is 4.27. The Bertz CT molecular complexity index is 161. The van der Waals surface area contributed by atoms with Gasteiger partial charge in [-0.15, -0.1) is 11.6 Å². The molecule has 0 amide bonds. The standard InChI is InChI=1S/C7H14ClNO3/c1-3-12-6(11)7(2,9)5(10)4-8/h5,10H,3-4,9H2,1-2H3/t5-,7-/m1/s1. The first-order valence-corrected chi connectivity index (χ1v) is 4.20. The number of hydrogen-bond donors (Lipinski definition) is 2. The molecule has 0 fully saturated rings. The summed E-state index contributed by atoms with van der Waals surface area (Å²) in [5.74, 6) is -0.732. The number of hydrogen-bond acceptors (Lipinski definition) is 4. The lowest BCUT2D eigenvalue weighted by molar-refractivity contribution is -0.152. The number of ether oxygens (including phenoxy) is 1. The van der Waals surface area contributed by atoms with Crippen molar-refractivity contribution in [2.45, 2.75) is 25.5 Å². The van der Waals surface area contributed by atoms with Gasteiger partial charge in [-0.1, -0.05) is 0 Å². The highest BCUT2D eigenvalue weighted by Crippen LogP contribution is 2.10. The van der Waals surface area contributed by atoms with Crippen molar-refractivity contribution >= 4 is 17.6 Å². The van der Waals surface area contributed by atoms with Crippen molar-refractivity contribution in [2.75, 3.05) is 12.5 Å². The lowest BCUT2D eigenvalue weighted by Gasteiger charge is -2.26. The SMILES string of the molecule is CCOC(=O)[C@](C)(N)[C@H](O)CCl. The van der Waals surface area contributed by atoms with E-state index in [-0.39, 0.29) is 12.5 Å².